The average molecular weight is 397 g/mol. The highest BCUT2D eigenvalue weighted by atomic mass is 35.5. The second kappa shape index (κ2) is 8.52. The number of carbonyl (C=O) groups is 1. The summed E-state index contributed by atoms with van der Waals surface area (Å²) in [4.78, 5) is 21.8. The summed E-state index contributed by atoms with van der Waals surface area (Å²) in [6, 6.07) is 11.3. The molecule has 2 aromatic rings. The van der Waals surface area contributed by atoms with E-state index in [0.29, 0.717) is 0 Å². The van der Waals surface area contributed by atoms with Crippen molar-refractivity contribution in [2.75, 3.05) is 6.54 Å². The van der Waals surface area contributed by atoms with Crippen LogP contribution in [0.2, 0.25) is 5.02 Å². The number of nitro benzene ring substituents is 1. The van der Waals surface area contributed by atoms with Crippen LogP contribution in [0.3, 0.4) is 0 Å². The van der Waals surface area contributed by atoms with Gasteiger partial charge in [0, 0.05) is 22.7 Å². The molecule has 0 saturated heterocycles. The Morgan fingerprint density at radius 2 is 1.92 bits per heavy atom. The molecule has 2 rings (SSSR count). The Balaban J connectivity index is 1.94. The summed E-state index contributed by atoms with van der Waals surface area (Å²) in [5, 5.41) is 14.5. The Labute approximate surface area is 153 Å². The lowest BCUT2D eigenvalue weighted by molar-refractivity contribution is -0.384. The zero-order valence-corrected chi connectivity index (χ0v) is 14.7. The topological polar surface area (TPSA) is 131 Å². The highest BCUT2D eigenvalue weighted by Crippen LogP contribution is 2.20. The smallest absolute Gasteiger partial charge is 0.270 e. The monoisotopic (exact) mass is 396 g/mol. The number of rotatable bonds is 7. The van der Waals surface area contributed by atoms with Crippen LogP contribution in [0.5, 0.6) is 0 Å². The van der Waals surface area contributed by atoms with E-state index in [4.69, 9.17) is 11.6 Å². The molecule has 0 aliphatic rings. The minimum absolute atomic E-state index is 0.0275. The fourth-order valence-electron chi connectivity index (χ4n) is 1.80. The number of hydrogen-bond acceptors (Lipinski definition) is 6. The van der Waals surface area contributed by atoms with Crippen LogP contribution < -0.4 is 10.1 Å². The van der Waals surface area contributed by atoms with Crippen molar-refractivity contribution in [2.24, 2.45) is 5.10 Å². The summed E-state index contributed by atoms with van der Waals surface area (Å²) in [5.41, 5.74) is 2.15. The van der Waals surface area contributed by atoms with Crippen molar-refractivity contribution in [2.45, 2.75) is 4.90 Å². The Morgan fingerprint density at radius 1 is 1.23 bits per heavy atom. The van der Waals surface area contributed by atoms with Crippen LogP contribution in [0.4, 0.5) is 5.69 Å². The molecule has 0 heterocycles. The zero-order valence-electron chi connectivity index (χ0n) is 13.1. The highest BCUT2D eigenvalue weighted by molar-refractivity contribution is 7.89. The first-order valence-electron chi connectivity index (χ1n) is 7.10. The molecule has 11 heteroatoms. The van der Waals surface area contributed by atoms with E-state index in [1.54, 1.807) is 18.2 Å². The molecule has 0 fully saturated rings. The predicted molar refractivity (Wildman–Crippen MR) is 95.5 cm³/mol. The summed E-state index contributed by atoms with van der Waals surface area (Å²) in [7, 11) is -3.81. The minimum Gasteiger partial charge on any atom is -0.272 e. The van der Waals surface area contributed by atoms with Gasteiger partial charge in [0.1, 0.15) is 0 Å². The van der Waals surface area contributed by atoms with E-state index in [9.17, 15) is 23.3 Å². The number of non-ortho nitro benzene ring substituents is 1. The van der Waals surface area contributed by atoms with E-state index in [2.05, 4.69) is 15.2 Å². The van der Waals surface area contributed by atoms with Crippen LogP contribution in [0.15, 0.2) is 58.5 Å². The second-order valence-corrected chi connectivity index (χ2v) is 7.07. The normalized spacial score (nSPS) is 11.4. The molecule has 1 amide bonds. The first kappa shape index (κ1) is 19.5. The molecular formula is C15H13ClN4O5S. The van der Waals surface area contributed by atoms with Crippen molar-refractivity contribution >= 4 is 39.4 Å². The number of nitrogens with one attached hydrogen (secondary N) is 2. The zero-order chi connectivity index (χ0) is 19.2. The van der Waals surface area contributed by atoms with Gasteiger partial charge in [-0.15, -0.1) is 0 Å². The van der Waals surface area contributed by atoms with E-state index >= 15 is 0 Å². The van der Waals surface area contributed by atoms with E-state index < -0.39 is 27.4 Å². The maximum atomic E-state index is 12.0. The maximum absolute atomic E-state index is 12.0. The summed E-state index contributed by atoms with van der Waals surface area (Å²) in [5.74, 6) is -0.720. The standard InChI is InChI=1S/C15H13ClN4O5S/c16-14-7-6-12(20(22)23)8-11(14)9-17-19-15(21)10-18-26(24,25)13-4-2-1-3-5-13/h1-9,18H,10H2,(H,19,21)/b17-9+. The lowest BCUT2D eigenvalue weighted by atomic mass is 10.2. The Kier molecular flexibility index (Phi) is 6.39. The van der Waals surface area contributed by atoms with Gasteiger partial charge < -0.3 is 0 Å². The van der Waals surface area contributed by atoms with Gasteiger partial charge in [0.25, 0.3) is 11.6 Å². The molecule has 2 N–H and O–H groups in total. The van der Waals surface area contributed by atoms with Crippen molar-refractivity contribution in [1.29, 1.82) is 0 Å². The molecule has 0 unspecified atom stereocenters. The number of benzene rings is 2. The number of sulfonamides is 1. The minimum atomic E-state index is -3.81. The van der Waals surface area contributed by atoms with Crippen LogP contribution in [0, 0.1) is 10.1 Å². The molecule has 0 bridgehead atoms. The third-order valence-corrected chi connectivity index (χ3v) is 4.82. The number of halogens is 1. The number of nitro groups is 1. The number of hydrogen-bond donors (Lipinski definition) is 2. The molecular weight excluding hydrogens is 384 g/mol. The van der Waals surface area contributed by atoms with Gasteiger partial charge in [0.2, 0.25) is 10.0 Å². The third-order valence-electron chi connectivity index (χ3n) is 3.06. The van der Waals surface area contributed by atoms with Gasteiger partial charge in [-0.1, -0.05) is 29.8 Å². The molecule has 0 aliphatic heterocycles. The first-order chi connectivity index (χ1) is 12.3. The summed E-state index contributed by atoms with van der Waals surface area (Å²) >= 11 is 5.89. The van der Waals surface area contributed by atoms with E-state index in [1.165, 1.54) is 30.3 Å². The van der Waals surface area contributed by atoms with Crippen molar-refractivity contribution in [3.05, 3.63) is 69.2 Å². The molecule has 0 aromatic heterocycles. The number of carbonyl (C=O) groups excluding carboxylic acids is 1. The lowest BCUT2D eigenvalue weighted by Gasteiger charge is -2.05. The fraction of sp³-hybridized carbons (Fsp3) is 0.0667. The van der Waals surface area contributed by atoms with E-state index in [-0.39, 0.29) is 21.2 Å². The molecule has 0 radical (unpaired) electrons. The average Bonchev–Trinajstić information content (AvgIpc) is 2.62. The third kappa shape index (κ3) is 5.34. The van der Waals surface area contributed by atoms with Crippen LogP contribution in [-0.4, -0.2) is 32.0 Å². The molecule has 0 spiro atoms. The van der Waals surface area contributed by atoms with Crippen LogP contribution in [0.1, 0.15) is 5.56 Å². The summed E-state index contributed by atoms with van der Waals surface area (Å²) < 4.78 is 26.1. The summed E-state index contributed by atoms with van der Waals surface area (Å²) in [6.45, 7) is -0.531. The van der Waals surface area contributed by atoms with E-state index in [0.717, 1.165) is 6.21 Å². The number of nitrogens with zero attached hydrogens (tertiary/aromatic N) is 2. The Bertz CT molecular complexity index is 948. The SMILES string of the molecule is O=C(CNS(=O)(=O)c1ccccc1)N/N=C/c1cc([N+](=O)[O-])ccc1Cl. The predicted octanol–water partition coefficient (Wildman–Crippen LogP) is 1.68. The summed E-state index contributed by atoms with van der Waals surface area (Å²) in [6.07, 6.45) is 1.12. The largest absolute Gasteiger partial charge is 0.272 e. The fourth-order valence-corrected chi connectivity index (χ4v) is 2.97. The lowest BCUT2D eigenvalue weighted by Crippen LogP contribution is -2.34. The van der Waals surface area contributed by atoms with Gasteiger partial charge in [-0.2, -0.15) is 5.10 Å². The number of hydrazone groups is 1. The van der Waals surface area contributed by atoms with Crippen LogP contribution in [-0.2, 0) is 14.8 Å². The van der Waals surface area contributed by atoms with Gasteiger partial charge in [-0.25, -0.2) is 18.6 Å². The molecule has 0 saturated carbocycles. The van der Waals surface area contributed by atoms with Crippen LogP contribution >= 0.6 is 11.6 Å². The maximum Gasteiger partial charge on any atom is 0.270 e. The molecule has 9 nitrogen and oxygen atoms in total. The number of amides is 1. The van der Waals surface area contributed by atoms with Gasteiger partial charge in [0.15, 0.2) is 0 Å². The molecule has 26 heavy (non-hydrogen) atoms. The van der Waals surface area contributed by atoms with Gasteiger partial charge in [0.05, 0.1) is 22.6 Å². The van der Waals surface area contributed by atoms with Crippen molar-refractivity contribution < 1.29 is 18.1 Å². The molecule has 0 atom stereocenters. The van der Waals surface area contributed by atoms with Gasteiger partial charge >= 0.3 is 0 Å². The van der Waals surface area contributed by atoms with Crippen molar-refractivity contribution in [1.82, 2.24) is 10.1 Å². The highest BCUT2D eigenvalue weighted by Gasteiger charge is 2.14. The van der Waals surface area contributed by atoms with Crippen molar-refractivity contribution in [3.8, 4) is 0 Å². The van der Waals surface area contributed by atoms with E-state index in [1.807, 2.05) is 0 Å². The molecule has 136 valence electrons. The quantitative estimate of drug-likeness (QED) is 0.417. The Morgan fingerprint density at radius 3 is 2.58 bits per heavy atom. The van der Waals surface area contributed by atoms with Crippen molar-refractivity contribution in [3.63, 3.8) is 0 Å². The molecule has 0 aliphatic carbocycles. The molecule has 2 aromatic carbocycles. The second-order valence-electron chi connectivity index (χ2n) is 4.89. The van der Waals surface area contributed by atoms with Gasteiger partial charge in [-0.05, 0) is 18.2 Å². The first-order valence-corrected chi connectivity index (χ1v) is 8.96. The Hall–Kier alpha value is -2.82. The van der Waals surface area contributed by atoms with Gasteiger partial charge in [-0.3, -0.25) is 14.9 Å². The van der Waals surface area contributed by atoms with Crippen LogP contribution in [0.25, 0.3) is 0 Å².